The van der Waals surface area contributed by atoms with E-state index in [1.807, 2.05) is 45.0 Å². The molecule has 0 radical (unpaired) electrons. The van der Waals surface area contributed by atoms with Crippen molar-refractivity contribution in [1.82, 2.24) is 10.6 Å². The molecule has 0 fully saturated rings. The van der Waals surface area contributed by atoms with Crippen molar-refractivity contribution in [2.24, 2.45) is 0 Å². The first-order valence-electron chi connectivity index (χ1n) is 5.31. The number of hydrogen-bond donors (Lipinski definition) is 2. The van der Waals surface area contributed by atoms with E-state index in [-0.39, 0.29) is 6.03 Å². The number of carbonyl (C=O) groups excluding carboxylic acids is 1. The first kappa shape index (κ1) is 12.3. The number of carbonyl (C=O) groups is 1. The molecule has 2 N–H and O–H groups in total. The number of rotatable bonds is 3. The van der Waals surface area contributed by atoms with Crippen LogP contribution in [0.15, 0.2) is 36.0 Å². The zero-order valence-electron chi connectivity index (χ0n) is 10.0. The Hall–Kier alpha value is -1.77. The van der Waals surface area contributed by atoms with Crippen LogP contribution >= 0.6 is 0 Å². The summed E-state index contributed by atoms with van der Waals surface area (Å²) in [5.74, 6) is 0. The van der Waals surface area contributed by atoms with E-state index >= 15 is 0 Å². The smallest absolute Gasteiger partial charge is 0.319 e. The summed E-state index contributed by atoms with van der Waals surface area (Å²) < 4.78 is 0. The first-order valence-corrected chi connectivity index (χ1v) is 5.31. The highest BCUT2D eigenvalue weighted by atomic mass is 16.2. The standard InChI is InChI=1S/C13H18N2O/c1-10(2)8-14-13(16)15-9-12-6-4-11(3)5-7-12/h4-8H,9H2,1-3H3,(H2,14,15,16). The van der Waals surface area contributed by atoms with Crippen LogP contribution in [0.1, 0.15) is 25.0 Å². The topological polar surface area (TPSA) is 41.1 Å². The molecule has 0 atom stereocenters. The van der Waals surface area contributed by atoms with Crippen molar-refractivity contribution in [3.8, 4) is 0 Å². The zero-order valence-corrected chi connectivity index (χ0v) is 10.0. The lowest BCUT2D eigenvalue weighted by atomic mass is 10.1. The Morgan fingerprint density at radius 2 is 1.88 bits per heavy atom. The second-order valence-corrected chi connectivity index (χ2v) is 4.03. The number of allylic oxidation sites excluding steroid dienone is 1. The third-order valence-electron chi connectivity index (χ3n) is 2.07. The second kappa shape index (κ2) is 5.95. The number of urea groups is 1. The van der Waals surface area contributed by atoms with Crippen LogP contribution < -0.4 is 10.6 Å². The third-order valence-corrected chi connectivity index (χ3v) is 2.07. The van der Waals surface area contributed by atoms with E-state index in [1.165, 1.54) is 5.56 Å². The molecule has 0 aromatic heterocycles. The maximum atomic E-state index is 11.3. The summed E-state index contributed by atoms with van der Waals surface area (Å²) in [6.45, 7) is 6.45. The molecule has 0 bridgehead atoms. The lowest BCUT2D eigenvalue weighted by Gasteiger charge is -2.05. The monoisotopic (exact) mass is 218 g/mol. The van der Waals surface area contributed by atoms with E-state index in [4.69, 9.17) is 0 Å². The maximum absolute atomic E-state index is 11.3. The summed E-state index contributed by atoms with van der Waals surface area (Å²) in [6, 6.07) is 7.91. The third kappa shape index (κ3) is 4.64. The fourth-order valence-corrected chi connectivity index (χ4v) is 1.15. The van der Waals surface area contributed by atoms with Gasteiger partial charge in [0.25, 0.3) is 0 Å². The van der Waals surface area contributed by atoms with Gasteiger partial charge in [-0.25, -0.2) is 4.79 Å². The molecule has 86 valence electrons. The molecule has 16 heavy (non-hydrogen) atoms. The van der Waals surface area contributed by atoms with Gasteiger partial charge in [-0.1, -0.05) is 35.4 Å². The Balaban J connectivity index is 2.37. The fourth-order valence-electron chi connectivity index (χ4n) is 1.15. The van der Waals surface area contributed by atoms with Gasteiger partial charge in [0.2, 0.25) is 0 Å². The van der Waals surface area contributed by atoms with Crippen molar-refractivity contribution < 1.29 is 4.79 Å². The van der Waals surface area contributed by atoms with E-state index in [1.54, 1.807) is 6.20 Å². The predicted octanol–water partition coefficient (Wildman–Crippen LogP) is 2.72. The van der Waals surface area contributed by atoms with Crippen LogP contribution in [0.25, 0.3) is 0 Å². The summed E-state index contributed by atoms with van der Waals surface area (Å²) in [4.78, 5) is 11.3. The largest absolute Gasteiger partial charge is 0.334 e. The molecule has 0 saturated carbocycles. The minimum atomic E-state index is -0.179. The summed E-state index contributed by atoms with van der Waals surface area (Å²) >= 11 is 0. The number of amides is 2. The van der Waals surface area contributed by atoms with Crippen molar-refractivity contribution in [3.63, 3.8) is 0 Å². The van der Waals surface area contributed by atoms with Crippen molar-refractivity contribution in [2.45, 2.75) is 27.3 Å². The molecule has 0 heterocycles. The molecule has 0 aliphatic rings. The summed E-state index contributed by atoms with van der Waals surface area (Å²) in [5.41, 5.74) is 3.38. The highest BCUT2D eigenvalue weighted by Gasteiger charge is 1.97. The molecule has 0 aliphatic heterocycles. The van der Waals surface area contributed by atoms with Crippen molar-refractivity contribution in [2.75, 3.05) is 0 Å². The minimum absolute atomic E-state index is 0.179. The van der Waals surface area contributed by atoms with Crippen LogP contribution in [-0.4, -0.2) is 6.03 Å². The van der Waals surface area contributed by atoms with Crippen LogP contribution in [0.3, 0.4) is 0 Å². The molecule has 1 rings (SSSR count). The number of nitrogens with one attached hydrogen (secondary N) is 2. The van der Waals surface area contributed by atoms with Crippen molar-refractivity contribution in [3.05, 3.63) is 47.2 Å². The van der Waals surface area contributed by atoms with Crippen LogP contribution in [0.2, 0.25) is 0 Å². The highest BCUT2D eigenvalue weighted by molar-refractivity contribution is 5.74. The molecule has 3 nitrogen and oxygen atoms in total. The van der Waals surface area contributed by atoms with Gasteiger partial charge in [-0.15, -0.1) is 0 Å². The minimum Gasteiger partial charge on any atom is -0.334 e. The van der Waals surface area contributed by atoms with Crippen LogP contribution in [0.5, 0.6) is 0 Å². The molecule has 0 aliphatic carbocycles. The van der Waals surface area contributed by atoms with Crippen molar-refractivity contribution in [1.29, 1.82) is 0 Å². The van der Waals surface area contributed by atoms with Gasteiger partial charge in [0.15, 0.2) is 0 Å². The second-order valence-electron chi connectivity index (χ2n) is 4.03. The normalized spacial score (nSPS) is 9.44. The van der Waals surface area contributed by atoms with Gasteiger partial charge in [-0.2, -0.15) is 0 Å². The Morgan fingerprint density at radius 1 is 1.25 bits per heavy atom. The summed E-state index contributed by atoms with van der Waals surface area (Å²) in [6.07, 6.45) is 1.68. The molecular weight excluding hydrogens is 200 g/mol. The SMILES string of the molecule is CC(C)=CNC(=O)NCc1ccc(C)cc1. The van der Waals surface area contributed by atoms with Gasteiger partial charge in [-0.3, -0.25) is 0 Å². The quantitative estimate of drug-likeness (QED) is 0.804. The van der Waals surface area contributed by atoms with Gasteiger partial charge >= 0.3 is 6.03 Å². The van der Waals surface area contributed by atoms with E-state index in [0.717, 1.165) is 11.1 Å². The fraction of sp³-hybridized carbons (Fsp3) is 0.308. The maximum Gasteiger partial charge on any atom is 0.319 e. The van der Waals surface area contributed by atoms with E-state index in [9.17, 15) is 4.79 Å². The lowest BCUT2D eigenvalue weighted by Crippen LogP contribution is -2.31. The Bertz CT molecular complexity index is 375. The Kier molecular flexibility index (Phi) is 4.58. The van der Waals surface area contributed by atoms with E-state index in [2.05, 4.69) is 10.6 Å². The summed E-state index contributed by atoms with van der Waals surface area (Å²) in [7, 11) is 0. The number of hydrogen-bond acceptors (Lipinski definition) is 1. The molecule has 0 spiro atoms. The average Bonchev–Trinajstić information content (AvgIpc) is 2.25. The van der Waals surface area contributed by atoms with Crippen LogP contribution in [0, 0.1) is 6.92 Å². The van der Waals surface area contributed by atoms with E-state index in [0.29, 0.717) is 6.54 Å². The molecule has 0 saturated heterocycles. The summed E-state index contributed by atoms with van der Waals surface area (Å²) in [5, 5.41) is 5.43. The van der Waals surface area contributed by atoms with Crippen molar-refractivity contribution >= 4 is 6.03 Å². The molecule has 0 unspecified atom stereocenters. The first-order chi connectivity index (χ1) is 7.58. The van der Waals surface area contributed by atoms with E-state index < -0.39 is 0 Å². The van der Waals surface area contributed by atoms with Gasteiger partial charge in [0.05, 0.1) is 0 Å². The highest BCUT2D eigenvalue weighted by Crippen LogP contribution is 2.02. The van der Waals surface area contributed by atoms with Crippen LogP contribution in [-0.2, 0) is 6.54 Å². The molecule has 3 heteroatoms. The Labute approximate surface area is 96.6 Å². The van der Waals surface area contributed by atoms with Gasteiger partial charge in [0, 0.05) is 12.7 Å². The Morgan fingerprint density at radius 3 is 2.44 bits per heavy atom. The zero-order chi connectivity index (χ0) is 12.0. The van der Waals surface area contributed by atoms with Crippen LogP contribution in [0.4, 0.5) is 4.79 Å². The number of aryl methyl sites for hydroxylation is 1. The van der Waals surface area contributed by atoms with Gasteiger partial charge in [-0.05, 0) is 26.3 Å². The number of benzene rings is 1. The molecular formula is C13H18N2O. The van der Waals surface area contributed by atoms with Gasteiger partial charge < -0.3 is 10.6 Å². The molecule has 2 amide bonds. The molecule has 1 aromatic carbocycles. The molecule has 1 aromatic rings. The predicted molar refractivity (Wildman–Crippen MR) is 66.0 cm³/mol. The average molecular weight is 218 g/mol. The lowest BCUT2D eigenvalue weighted by molar-refractivity contribution is 0.243. The van der Waals surface area contributed by atoms with Gasteiger partial charge in [0.1, 0.15) is 0 Å².